The van der Waals surface area contributed by atoms with Crippen LogP contribution in [0.4, 0.5) is 0 Å². The minimum absolute atomic E-state index is 0.0906. The van der Waals surface area contributed by atoms with Crippen molar-refractivity contribution in [3.63, 3.8) is 0 Å². The number of nitrogens with zero attached hydrogens (tertiary/aromatic N) is 2. The third-order valence-electron chi connectivity index (χ3n) is 14.7. The van der Waals surface area contributed by atoms with Gasteiger partial charge in [0.1, 0.15) is 0 Å². The second-order valence-electron chi connectivity index (χ2n) is 21.3. The van der Waals surface area contributed by atoms with E-state index in [0.29, 0.717) is 0 Å². The molecule has 2 nitrogen and oxygen atoms in total. The molecule has 0 bridgehead atoms. The lowest BCUT2D eigenvalue weighted by molar-refractivity contribution is 0.592. The van der Waals surface area contributed by atoms with E-state index >= 15 is 0 Å². The lowest BCUT2D eigenvalue weighted by atomic mass is 9.76. The summed E-state index contributed by atoms with van der Waals surface area (Å²) in [6.45, 7) is 23.2. The molecule has 0 aliphatic carbocycles. The first-order chi connectivity index (χ1) is 30.7. The Labute approximate surface area is 374 Å². The second-order valence-corrected chi connectivity index (χ2v) is 21.3. The highest BCUT2D eigenvalue weighted by atomic mass is 14.9. The van der Waals surface area contributed by atoms with Crippen LogP contribution in [0.2, 0.25) is 0 Å². The van der Waals surface area contributed by atoms with E-state index in [-0.39, 0.29) is 10.8 Å². The highest BCUT2D eigenvalue weighted by Crippen LogP contribution is 2.52. The van der Waals surface area contributed by atoms with Gasteiger partial charge in [-0.15, -0.1) is 0 Å². The van der Waals surface area contributed by atoms with Crippen LogP contribution in [-0.2, 0) is 10.8 Å². The van der Waals surface area contributed by atoms with Crippen LogP contribution in [0.3, 0.4) is 0 Å². The number of hydrogen-bond acceptors (Lipinski definition) is 0. The van der Waals surface area contributed by atoms with Gasteiger partial charge >= 0.3 is 0 Å². The van der Waals surface area contributed by atoms with E-state index in [9.17, 15) is 0 Å². The third-order valence-corrected chi connectivity index (χ3v) is 14.7. The van der Waals surface area contributed by atoms with Gasteiger partial charge in [-0.25, -0.2) is 0 Å². The van der Waals surface area contributed by atoms with Crippen LogP contribution in [0.5, 0.6) is 0 Å². The molecular weight excluding hydrogens is 773 g/mol. The van der Waals surface area contributed by atoms with Crippen molar-refractivity contribution in [2.24, 2.45) is 0 Å². The lowest BCUT2D eigenvalue weighted by Crippen LogP contribution is -2.13. The molecule has 0 fully saturated rings. The first-order valence-electron chi connectivity index (χ1n) is 23.1. The number of aryl methyl sites for hydroxylation is 4. The number of hydrogen-bond donors (Lipinski definition) is 0. The number of rotatable bonds is 2. The molecule has 64 heavy (non-hydrogen) atoms. The van der Waals surface area contributed by atoms with E-state index in [0.717, 1.165) is 0 Å². The minimum Gasteiger partial charge on any atom is -0.308 e. The van der Waals surface area contributed by atoms with Gasteiger partial charge in [0.15, 0.2) is 0 Å². The molecule has 0 spiro atoms. The average Bonchev–Trinajstić information content (AvgIpc) is 3.95. The highest BCUT2D eigenvalue weighted by Gasteiger charge is 2.29. The summed E-state index contributed by atoms with van der Waals surface area (Å²) in [5, 5.41) is 15.8. The van der Waals surface area contributed by atoms with Gasteiger partial charge in [-0.05, 0) is 177 Å². The van der Waals surface area contributed by atoms with Crippen molar-refractivity contribution in [1.82, 2.24) is 8.80 Å². The maximum Gasteiger partial charge on any atom is 0.0620 e. The SMILES string of the molecule is Cc1ccc2c(c1)c1cc(C)cc3c4cc5c(-c6ccccc6C(C)(C)C)c6cc7c(cc6c(-c6ccccc6C(C)(C)C)c5cc4n2c13)c1cc(C)cc2c3cc(C)ccc3n7c21. The van der Waals surface area contributed by atoms with Gasteiger partial charge in [0.05, 0.1) is 33.1 Å². The Balaban J connectivity index is 1.34. The normalized spacial score (nSPS) is 13.2. The molecular formula is C62H52N2. The molecule has 0 radical (unpaired) electrons. The highest BCUT2D eigenvalue weighted by molar-refractivity contribution is 6.32. The Bertz CT molecular complexity index is 3900. The van der Waals surface area contributed by atoms with Gasteiger partial charge in [0, 0.05) is 43.1 Å². The molecule has 13 rings (SSSR count). The van der Waals surface area contributed by atoms with Gasteiger partial charge in [-0.3, -0.25) is 0 Å². The monoisotopic (exact) mass is 824 g/mol. The Morgan fingerprint density at radius 2 is 0.625 bits per heavy atom. The van der Waals surface area contributed by atoms with Crippen molar-refractivity contribution in [2.45, 2.75) is 80.1 Å². The van der Waals surface area contributed by atoms with Crippen LogP contribution in [-0.4, -0.2) is 8.80 Å². The van der Waals surface area contributed by atoms with Crippen molar-refractivity contribution in [3.8, 4) is 22.3 Å². The summed E-state index contributed by atoms with van der Waals surface area (Å²) in [5.74, 6) is 0. The summed E-state index contributed by atoms with van der Waals surface area (Å²) in [6.07, 6.45) is 0. The summed E-state index contributed by atoms with van der Waals surface area (Å²) in [4.78, 5) is 0. The molecule has 0 aliphatic rings. The fourth-order valence-corrected chi connectivity index (χ4v) is 12.1. The van der Waals surface area contributed by atoms with Crippen molar-refractivity contribution < 1.29 is 0 Å². The molecule has 0 saturated heterocycles. The van der Waals surface area contributed by atoms with Crippen molar-refractivity contribution in [2.75, 3.05) is 0 Å². The third kappa shape index (κ3) is 4.92. The Morgan fingerprint density at radius 1 is 0.297 bits per heavy atom. The molecule has 4 aromatic heterocycles. The zero-order valence-electron chi connectivity index (χ0n) is 38.6. The standard InChI is InChI=1S/C62H52N2/c1-33-19-21-53-39(23-33)47-25-35(3)27-49-41-29-43-45(31-55(41)63(53)59(47)49)57(37-15-11-13-17-51(37)61(5,6)7)44-30-42-50-28-36(4)26-48-40-24-34(2)20-22-54(40)64(60(48)50)56(42)32-46(44)58(43)38-16-12-14-18-52(38)62(8,9)10/h11-32H,1-10H3. The summed E-state index contributed by atoms with van der Waals surface area (Å²) in [5.41, 5.74) is 20.6. The van der Waals surface area contributed by atoms with Gasteiger partial charge < -0.3 is 8.80 Å². The smallest absolute Gasteiger partial charge is 0.0620 e. The molecule has 0 aliphatic heterocycles. The van der Waals surface area contributed by atoms with Gasteiger partial charge in [-0.2, -0.15) is 0 Å². The zero-order chi connectivity index (χ0) is 43.9. The van der Waals surface area contributed by atoms with Crippen molar-refractivity contribution >= 4 is 97.7 Å². The summed E-state index contributed by atoms with van der Waals surface area (Å²) in [7, 11) is 0. The van der Waals surface area contributed by atoms with E-state index in [1.54, 1.807) is 0 Å². The average molecular weight is 825 g/mol. The molecule has 13 aromatic rings. The maximum absolute atomic E-state index is 2.58. The zero-order valence-corrected chi connectivity index (χ0v) is 38.6. The van der Waals surface area contributed by atoms with E-state index in [2.05, 4.69) is 211 Å². The second kappa shape index (κ2) is 12.4. The van der Waals surface area contributed by atoms with Gasteiger partial charge in [0.25, 0.3) is 0 Å². The predicted molar refractivity (Wildman–Crippen MR) is 278 cm³/mol. The summed E-state index contributed by atoms with van der Waals surface area (Å²) >= 11 is 0. The van der Waals surface area contributed by atoms with E-state index in [1.165, 1.54) is 153 Å². The molecule has 2 heteroatoms. The molecule has 9 aromatic carbocycles. The Morgan fingerprint density at radius 3 is 1.00 bits per heavy atom. The van der Waals surface area contributed by atoms with Crippen LogP contribution in [0.1, 0.15) is 74.9 Å². The maximum atomic E-state index is 2.58. The van der Waals surface area contributed by atoms with E-state index in [4.69, 9.17) is 0 Å². The number of aromatic nitrogens is 2. The van der Waals surface area contributed by atoms with Gasteiger partial charge in [-0.1, -0.05) is 113 Å². The molecule has 0 saturated carbocycles. The van der Waals surface area contributed by atoms with E-state index in [1.807, 2.05) is 0 Å². The summed E-state index contributed by atoms with van der Waals surface area (Å²) in [6, 6.07) is 52.5. The molecule has 0 N–H and O–H groups in total. The van der Waals surface area contributed by atoms with Crippen LogP contribution >= 0.6 is 0 Å². The van der Waals surface area contributed by atoms with Crippen LogP contribution in [0.15, 0.2) is 133 Å². The summed E-state index contributed by atoms with van der Waals surface area (Å²) < 4.78 is 5.15. The van der Waals surface area contributed by atoms with Crippen LogP contribution < -0.4 is 0 Å². The lowest BCUT2D eigenvalue weighted by Gasteiger charge is -2.27. The first kappa shape index (κ1) is 37.6. The molecule has 310 valence electrons. The number of fused-ring (bicyclic) bond motifs is 14. The largest absolute Gasteiger partial charge is 0.308 e. The molecule has 4 heterocycles. The number of benzene rings is 9. The molecule has 0 unspecified atom stereocenters. The molecule has 0 amide bonds. The Kier molecular flexibility index (Phi) is 7.30. The minimum atomic E-state index is -0.0906. The topological polar surface area (TPSA) is 8.82 Å². The predicted octanol–water partition coefficient (Wildman–Crippen LogP) is 17.5. The van der Waals surface area contributed by atoms with Gasteiger partial charge in [0.2, 0.25) is 0 Å². The van der Waals surface area contributed by atoms with E-state index < -0.39 is 0 Å². The fraction of sp³-hybridized carbons (Fsp3) is 0.194. The van der Waals surface area contributed by atoms with Crippen molar-refractivity contribution in [1.29, 1.82) is 0 Å². The quantitative estimate of drug-likeness (QED) is 0.154. The van der Waals surface area contributed by atoms with Crippen LogP contribution in [0, 0.1) is 27.7 Å². The fourth-order valence-electron chi connectivity index (χ4n) is 12.1. The first-order valence-corrected chi connectivity index (χ1v) is 23.1. The Hall–Kier alpha value is -6.90. The van der Waals surface area contributed by atoms with Crippen molar-refractivity contribution in [3.05, 3.63) is 167 Å². The van der Waals surface area contributed by atoms with Crippen LogP contribution in [0.25, 0.3) is 120 Å². The molecule has 0 atom stereocenters.